The van der Waals surface area contributed by atoms with Crippen molar-refractivity contribution in [2.45, 2.75) is 27.0 Å². The van der Waals surface area contributed by atoms with E-state index in [0.29, 0.717) is 12.2 Å². The van der Waals surface area contributed by atoms with E-state index in [2.05, 4.69) is 48.0 Å². The number of nitrogens with zero attached hydrogens (tertiary/aromatic N) is 1. The highest BCUT2D eigenvalue weighted by molar-refractivity contribution is 6.06. The molecule has 0 aliphatic carbocycles. The number of aromatic nitrogens is 1. The van der Waals surface area contributed by atoms with Crippen LogP contribution in [0.4, 0.5) is 5.69 Å². The van der Waals surface area contributed by atoms with Crippen LogP contribution in [0.25, 0.3) is 10.9 Å². The molecule has 0 radical (unpaired) electrons. The molecule has 4 heteroatoms. The molecule has 4 nitrogen and oxygen atoms in total. The van der Waals surface area contributed by atoms with E-state index in [0.717, 1.165) is 34.4 Å². The van der Waals surface area contributed by atoms with Crippen molar-refractivity contribution in [3.05, 3.63) is 131 Å². The Balaban J connectivity index is 1.29. The molecule has 0 saturated heterocycles. The maximum absolute atomic E-state index is 13.0. The number of hydrogen-bond acceptors (Lipinski definition) is 2. The summed E-state index contributed by atoms with van der Waals surface area (Å²) >= 11 is 0. The second-order valence-corrected chi connectivity index (χ2v) is 8.77. The number of benzene rings is 4. The molecular formula is C31H28N2O2. The van der Waals surface area contributed by atoms with E-state index in [1.165, 1.54) is 16.8 Å². The first-order chi connectivity index (χ1) is 17.1. The Morgan fingerprint density at radius 1 is 0.800 bits per heavy atom. The molecule has 0 saturated carbocycles. The fourth-order valence-corrected chi connectivity index (χ4v) is 4.34. The number of carbonyl (C=O) groups is 1. The van der Waals surface area contributed by atoms with E-state index in [1.807, 2.05) is 78.9 Å². The van der Waals surface area contributed by atoms with Gasteiger partial charge in [-0.3, -0.25) is 4.79 Å². The normalized spacial score (nSPS) is 10.9. The van der Waals surface area contributed by atoms with Crippen LogP contribution < -0.4 is 10.1 Å². The van der Waals surface area contributed by atoms with E-state index < -0.39 is 0 Å². The molecule has 4 aromatic carbocycles. The number of carbonyl (C=O) groups excluding carboxylic acids is 1. The lowest BCUT2D eigenvalue weighted by Crippen LogP contribution is -2.11. The fraction of sp³-hybridized carbons (Fsp3) is 0.129. The van der Waals surface area contributed by atoms with Gasteiger partial charge in [-0.15, -0.1) is 0 Å². The van der Waals surface area contributed by atoms with Crippen LogP contribution in [0.2, 0.25) is 0 Å². The summed E-state index contributed by atoms with van der Waals surface area (Å²) in [5, 5.41) is 4.11. The van der Waals surface area contributed by atoms with Gasteiger partial charge < -0.3 is 14.6 Å². The van der Waals surface area contributed by atoms with E-state index in [1.54, 1.807) is 0 Å². The van der Waals surface area contributed by atoms with Crippen LogP contribution >= 0.6 is 0 Å². The molecule has 0 aliphatic heterocycles. The maximum Gasteiger partial charge on any atom is 0.255 e. The quantitative estimate of drug-likeness (QED) is 0.281. The van der Waals surface area contributed by atoms with Crippen molar-refractivity contribution in [2.75, 3.05) is 5.32 Å². The summed E-state index contributed by atoms with van der Waals surface area (Å²) in [6, 6.07) is 33.9. The Morgan fingerprint density at radius 2 is 1.46 bits per heavy atom. The maximum atomic E-state index is 13.0. The van der Waals surface area contributed by atoms with Crippen LogP contribution in [0.3, 0.4) is 0 Å². The van der Waals surface area contributed by atoms with Crippen LogP contribution in [-0.2, 0) is 13.2 Å². The summed E-state index contributed by atoms with van der Waals surface area (Å²) in [6.45, 7) is 5.57. The molecule has 1 aromatic heterocycles. The lowest BCUT2D eigenvalue weighted by Gasteiger charge is -2.10. The molecule has 174 valence electrons. The van der Waals surface area contributed by atoms with Crippen molar-refractivity contribution in [2.24, 2.45) is 0 Å². The predicted octanol–water partition coefficient (Wildman–Crippen LogP) is 7.14. The molecule has 35 heavy (non-hydrogen) atoms. The number of aryl methyl sites for hydroxylation is 1. The summed E-state index contributed by atoms with van der Waals surface area (Å²) in [4.78, 5) is 13.0. The average Bonchev–Trinajstić information content (AvgIpc) is 3.14. The first-order valence-corrected chi connectivity index (χ1v) is 11.8. The first kappa shape index (κ1) is 22.5. The van der Waals surface area contributed by atoms with Gasteiger partial charge in [-0.25, -0.2) is 0 Å². The molecule has 1 heterocycles. The number of amides is 1. The third kappa shape index (κ3) is 4.97. The lowest BCUT2D eigenvalue weighted by molar-refractivity contribution is 0.102. The van der Waals surface area contributed by atoms with Crippen molar-refractivity contribution < 1.29 is 9.53 Å². The zero-order chi connectivity index (χ0) is 24.2. The average molecular weight is 461 g/mol. The first-order valence-electron chi connectivity index (χ1n) is 11.8. The fourth-order valence-electron chi connectivity index (χ4n) is 4.34. The molecule has 0 aliphatic rings. The number of fused-ring (bicyclic) bond motifs is 1. The number of hydrogen-bond donors (Lipinski definition) is 1. The minimum Gasteiger partial charge on any atom is -0.489 e. The van der Waals surface area contributed by atoms with Gasteiger partial charge in [-0.1, -0.05) is 60.7 Å². The molecule has 0 atom stereocenters. The van der Waals surface area contributed by atoms with Gasteiger partial charge >= 0.3 is 0 Å². The monoisotopic (exact) mass is 460 g/mol. The second kappa shape index (κ2) is 9.90. The molecular weight excluding hydrogens is 432 g/mol. The van der Waals surface area contributed by atoms with Gasteiger partial charge in [-0.2, -0.15) is 0 Å². The van der Waals surface area contributed by atoms with Crippen molar-refractivity contribution >= 4 is 22.5 Å². The van der Waals surface area contributed by atoms with E-state index in [9.17, 15) is 4.79 Å². The molecule has 5 aromatic rings. The zero-order valence-electron chi connectivity index (χ0n) is 20.0. The smallest absolute Gasteiger partial charge is 0.255 e. The van der Waals surface area contributed by atoms with Gasteiger partial charge in [0, 0.05) is 34.4 Å². The molecule has 1 amide bonds. The summed E-state index contributed by atoms with van der Waals surface area (Å²) in [6.07, 6.45) is 0. The van der Waals surface area contributed by atoms with Crippen molar-refractivity contribution in [1.82, 2.24) is 4.57 Å². The van der Waals surface area contributed by atoms with Crippen molar-refractivity contribution in [3.63, 3.8) is 0 Å². The highest BCUT2D eigenvalue weighted by Crippen LogP contribution is 2.28. The molecule has 0 bridgehead atoms. The number of anilines is 1. The summed E-state index contributed by atoms with van der Waals surface area (Å²) in [5.74, 6) is 0.636. The van der Waals surface area contributed by atoms with Crippen molar-refractivity contribution in [3.8, 4) is 5.75 Å². The third-order valence-electron chi connectivity index (χ3n) is 6.45. The Morgan fingerprint density at radius 3 is 2.14 bits per heavy atom. The highest BCUT2D eigenvalue weighted by atomic mass is 16.5. The Labute approximate surface area is 205 Å². The molecule has 0 fully saturated rings. The van der Waals surface area contributed by atoms with E-state index in [-0.39, 0.29) is 5.91 Å². The Kier molecular flexibility index (Phi) is 6.36. The van der Waals surface area contributed by atoms with Crippen LogP contribution in [0.5, 0.6) is 5.75 Å². The van der Waals surface area contributed by atoms with Gasteiger partial charge in [0.2, 0.25) is 0 Å². The Bertz CT molecular complexity index is 1450. The van der Waals surface area contributed by atoms with Crippen LogP contribution in [0, 0.1) is 13.8 Å². The molecule has 0 unspecified atom stereocenters. The zero-order valence-corrected chi connectivity index (χ0v) is 20.0. The second-order valence-electron chi connectivity index (χ2n) is 8.77. The molecule has 5 rings (SSSR count). The van der Waals surface area contributed by atoms with Crippen LogP contribution in [-0.4, -0.2) is 10.5 Å². The Hall–Kier alpha value is -4.31. The van der Waals surface area contributed by atoms with Gasteiger partial charge in [0.25, 0.3) is 5.91 Å². The topological polar surface area (TPSA) is 43.3 Å². The van der Waals surface area contributed by atoms with Gasteiger partial charge in [0.05, 0.1) is 0 Å². The SMILES string of the molecule is Cc1c(C)n(Cc2ccccc2)c2ccc(C(=O)Nc3ccc(OCc4ccccc4)cc3)cc12. The lowest BCUT2D eigenvalue weighted by atomic mass is 10.1. The van der Waals surface area contributed by atoms with Gasteiger partial charge in [0.15, 0.2) is 0 Å². The largest absolute Gasteiger partial charge is 0.489 e. The summed E-state index contributed by atoms with van der Waals surface area (Å²) in [7, 11) is 0. The molecule has 1 N–H and O–H groups in total. The van der Waals surface area contributed by atoms with Gasteiger partial charge in [-0.05, 0) is 73.0 Å². The summed E-state index contributed by atoms with van der Waals surface area (Å²) in [5.41, 5.74) is 7.30. The predicted molar refractivity (Wildman–Crippen MR) is 142 cm³/mol. The van der Waals surface area contributed by atoms with Crippen LogP contribution in [0.1, 0.15) is 32.7 Å². The number of ether oxygens (including phenoxy) is 1. The van der Waals surface area contributed by atoms with Gasteiger partial charge in [0.1, 0.15) is 12.4 Å². The number of nitrogens with one attached hydrogen (secondary N) is 1. The van der Waals surface area contributed by atoms with Crippen molar-refractivity contribution in [1.29, 1.82) is 0 Å². The van der Waals surface area contributed by atoms with E-state index in [4.69, 9.17) is 4.74 Å². The standard InChI is InChI=1S/C31H28N2O2/c1-22-23(2)33(20-24-9-5-3-6-10-24)30-18-13-26(19-29(22)30)31(34)32-27-14-16-28(17-15-27)35-21-25-11-7-4-8-12-25/h3-19H,20-21H2,1-2H3,(H,32,34). The van der Waals surface area contributed by atoms with Crippen LogP contribution in [0.15, 0.2) is 103 Å². The summed E-state index contributed by atoms with van der Waals surface area (Å²) < 4.78 is 8.15. The third-order valence-corrected chi connectivity index (χ3v) is 6.45. The highest BCUT2D eigenvalue weighted by Gasteiger charge is 2.14. The minimum absolute atomic E-state index is 0.127. The minimum atomic E-state index is -0.127. The van der Waals surface area contributed by atoms with E-state index >= 15 is 0 Å². The molecule has 0 spiro atoms. The number of rotatable bonds is 7.